The Morgan fingerprint density at radius 1 is 0.385 bits per heavy atom. The summed E-state index contributed by atoms with van der Waals surface area (Å²) < 4.78 is 0. The van der Waals surface area contributed by atoms with Crippen molar-refractivity contribution in [2.75, 3.05) is 38.5 Å². The molecule has 0 aromatic heterocycles. The number of nitrogens with one attached hydrogen (secondary N) is 19. The first-order valence-electron chi connectivity index (χ1n) is 45.7. The summed E-state index contributed by atoms with van der Waals surface area (Å²) in [6.07, 6.45) is -1.46. The number of carboxylic acid groups (broad SMARTS) is 2. The van der Waals surface area contributed by atoms with E-state index in [0.29, 0.717) is 24.8 Å². The summed E-state index contributed by atoms with van der Waals surface area (Å²) in [4.78, 5) is 286. The number of hydrogen-bond donors (Lipinski definition) is 26. The molecule has 28 N–H and O–H groups in total. The number of guanidine groups is 1. The Bertz CT molecular complexity index is 4150. The van der Waals surface area contributed by atoms with E-state index in [1.54, 1.807) is 106 Å². The molecule has 0 aliphatic carbocycles. The number of thiol groups is 1. The van der Waals surface area contributed by atoms with E-state index in [2.05, 4.69) is 108 Å². The van der Waals surface area contributed by atoms with Gasteiger partial charge in [0.15, 0.2) is 11.7 Å². The van der Waals surface area contributed by atoms with Crippen molar-refractivity contribution in [2.45, 2.75) is 310 Å². The van der Waals surface area contributed by atoms with Crippen molar-refractivity contribution in [1.82, 2.24) is 95.7 Å². The largest absolute Gasteiger partial charge is 0.481 e. The molecular formula is C88H148N22O24S. The van der Waals surface area contributed by atoms with Crippen LogP contribution in [0.15, 0.2) is 30.3 Å². The maximum atomic E-state index is 14.6. The van der Waals surface area contributed by atoms with E-state index in [0.717, 1.165) is 0 Å². The van der Waals surface area contributed by atoms with E-state index in [-0.39, 0.29) is 119 Å². The normalized spacial score (nSPS) is 14.9. The number of aliphatic hydroxyl groups is 1. The van der Waals surface area contributed by atoms with Crippen molar-refractivity contribution in [3.8, 4) is 0 Å². The van der Waals surface area contributed by atoms with Gasteiger partial charge in [-0.3, -0.25) is 106 Å². The molecule has 47 heteroatoms. The molecule has 1 rings (SSSR count). The molecule has 0 bridgehead atoms. The van der Waals surface area contributed by atoms with Crippen molar-refractivity contribution in [2.24, 2.45) is 52.7 Å². The maximum absolute atomic E-state index is 14.6. The number of nitrogens with two attached hydrogens (primary N) is 3. The van der Waals surface area contributed by atoms with Gasteiger partial charge < -0.3 is 128 Å². The van der Waals surface area contributed by atoms with Gasteiger partial charge in [0, 0.05) is 38.5 Å². The molecule has 135 heavy (non-hydrogen) atoms. The molecule has 0 radical (unpaired) electrons. The summed E-state index contributed by atoms with van der Waals surface area (Å²) in [5, 5.41) is 82.4. The second kappa shape index (κ2) is 63.9. The molecule has 0 saturated carbocycles. The van der Waals surface area contributed by atoms with Crippen LogP contribution in [0.3, 0.4) is 0 Å². The van der Waals surface area contributed by atoms with E-state index in [1.807, 2.05) is 13.8 Å². The number of aliphatic hydroxyl groups excluding tert-OH is 1. The second-order valence-corrected chi connectivity index (χ2v) is 35.6. The van der Waals surface area contributed by atoms with Crippen molar-refractivity contribution in [3.05, 3.63) is 35.9 Å². The Morgan fingerprint density at radius 2 is 0.763 bits per heavy atom. The molecule has 0 aliphatic rings. The van der Waals surface area contributed by atoms with E-state index >= 15 is 0 Å². The standard InChI is InChI=1S/C88H148N22O24S/c1-16-25-66(113)57(34-45(4)5)101-83(130)63(40-71(119)120)106-87(134)73(50(13)18-3)110-77(124)56(30-31-70(117)118)97-68(115)42-95-86(133)72(49(12)17-2)109-84(131)64(43-111)107-80(127)60(37-48(10)11)103-78(125)58(35-46(6)7)102-79(126)59(36-47(8)9)104-85(132)65(44-135)108-82(129)62(39-67(90)114)105-81(128)61(38-53-26-20-19-21-27-53)98-69(116)41-94-75(122)54(29-24-33-93-88(91)92)100-76(123)55(28-22-23-32-89)99-74(121)51(14)96-52(15)112/h19-21,26-27,45-51,54-65,72-73,111,135H,16-18,22-25,28-44,89H2,1-15H3,(H2,90,114)(H,94,122)(H,95,133)(H,96,112)(H,97,115)(H,98,116)(H,99,121)(H,100,123)(H,101,130)(H,102,126)(H,103,125)(H,104,132)(H,105,128)(H,106,134)(H,107,127)(H,108,129)(H,109,131)(H,110,124)(H,117,118)(H,119,120)(H4,91,92,93)/t49-,50-,51-,54-,55-,56-,57-,58-,59-,60-,61-,62-,63-,64-,65-,72-,73-/m0/s1. The zero-order valence-corrected chi connectivity index (χ0v) is 81.0. The number of aliphatic carboxylic acids is 2. The smallest absolute Gasteiger partial charge is 0.305 e. The molecule has 0 saturated heterocycles. The zero-order chi connectivity index (χ0) is 103. The average Bonchev–Trinajstić information content (AvgIpc) is 0.847. The van der Waals surface area contributed by atoms with E-state index in [4.69, 9.17) is 22.6 Å². The molecule has 760 valence electrons. The number of rotatable bonds is 67. The van der Waals surface area contributed by atoms with E-state index in [1.165, 1.54) is 13.8 Å². The number of benzene rings is 1. The number of carboxylic acids is 2. The van der Waals surface area contributed by atoms with Gasteiger partial charge in [0.25, 0.3) is 0 Å². The number of carbonyl (C=O) groups is 21. The Hall–Kier alpha value is -12.2. The fourth-order valence-electron chi connectivity index (χ4n) is 13.7. The van der Waals surface area contributed by atoms with Crippen LogP contribution in [-0.2, 0) is 107 Å². The van der Waals surface area contributed by atoms with Crippen LogP contribution in [0.1, 0.15) is 219 Å². The number of Topliss-reactive ketones (excluding diaryl/α,β-unsaturated/α-hetero) is 1. The Labute approximate surface area is 793 Å². The third-order valence-corrected chi connectivity index (χ3v) is 21.7. The fourth-order valence-corrected chi connectivity index (χ4v) is 13.9. The number of hydrogen-bond acceptors (Lipinski definition) is 25. The first-order chi connectivity index (χ1) is 63.3. The lowest BCUT2D eigenvalue weighted by Crippen LogP contribution is -2.61. The summed E-state index contributed by atoms with van der Waals surface area (Å²) in [5.74, 6) is -24.0. The van der Waals surface area contributed by atoms with Gasteiger partial charge in [0.05, 0.1) is 38.6 Å². The predicted octanol–water partition coefficient (Wildman–Crippen LogP) is -4.05. The molecule has 0 spiro atoms. The minimum Gasteiger partial charge on any atom is -0.481 e. The van der Waals surface area contributed by atoms with Crippen molar-refractivity contribution < 1.29 is 116 Å². The van der Waals surface area contributed by atoms with Crippen molar-refractivity contribution >= 4 is 143 Å². The molecule has 0 aliphatic heterocycles. The highest BCUT2D eigenvalue weighted by molar-refractivity contribution is 7.80. The molecule has 0 heterocycles. The van der Waals surface area contributed by atoms with Crippen molar-refractivity contribution in [3.63, 3.8) is 0 Å². The maximum Gasteiger partial charge on any atom is 0.305 e. The number of primary amides is 1. The quantitative estimate of drug-likeness (QED) is 0.0128. The summed E-state index contributed by atoms with van der Waals surface area (Å²) in [5.41, 5.74) is 17.2. The van der Waals surface area contributed by atoms with Gasteiger partial charge in [-0.15, -0.1) is 0 Å². The van der Waals surface area contributed by atoms with Gasteiger partial charge in [0.2, 0.25) is 106 Å². The van der Waals surface area contributed by atoms with Gasteiger partial charge in [-0.25, -0.2) is 0 Å². The van der Waals surface area contributed by atoms with Crippen LogP contribution in [0.25, 0.3) is 0 Å². The Balaban J connectivity index is 3.53. The molecule has 46 nitrogen and oxygen atoms in total. The van der Waals surface area contributed by atoms with Crippen LogP contribution in [0.2, 0.25) is 0 Å². The Morgan fingerprint density at radius 3 is 1.21 bits per heavy atom. The predicted molar refractivity (Wildman–Crippen MR) is 499 cm³/mol. The molecule has 1 aromatic rings. The summed E-state index contributed by atoms with van der Waals surface area (Å²) in [6.45, 7) is 22.2. The molecule has 1 aromatic carbocycles. The first-order valence-corrected chi connectivity index (χ1v) is 46.3. The van der Waals surface area contributed by atoms with Gasteiger partial charge >= 0.3 is 11.9 Å². The average molecular weight is 1930 g/mol. The number of unbranched alkanes of at least 4 members (excludes halogenated alkanes) is 1. The van der Waals surface area contributed by atoms with Crippen molar-refractivity contribution in [1.29, 1.82) is 5.41 Å². The topological polar surface area (TPSA) is 738 Å². The second-order valence-electron chi connectivity index (χ2n) is 35.2. The number of carbonyl (C=O) groups excluding carboxylic acids is 19. The highest BCUT2D eigenvalue weighted by Gasteiger charge is 2.40. The third kappa shape index (κ3) is 48.5. The lowest BCUT2D eigenvalue weighted by atomic mass is 9.96. The van der Waals surface area contributed by atoms with Gasteiger partial charge in [-0.2, -0.15) is 12.6 Å². The van der Waals surface area contributed by atoms with Crippen LogP contribution in [0.5, 0.6) is 0 Å². The lowest BCUT2D eigenvalue weighted by molar-refractivity contribution is -0.142. The fraction of sp³-hybridized carbons (Fsp3) is 0.682. The SMILES string of the molecule is CCCC(=O)[C@H](CC(C)C)NC(=O)[C@H](CC(=O)O)NC(=O)[C@@H](NC(=O)[C@H](CCC(=O)O)NC(=O)CNC(=O)[C@@H](NC(=O)[C@H](CO)NC(=O)[C@H](CC(C)C)NC(=O)[C@H](CC(C)C)NC(=O)[C@H](CC(C)C)NC(=O)[C@H](CS)NC(=O)[C@H](CC(N)=O)NC(=O)[C@H](Cc1ccccc1)NC(=O)CNC(=O)[C@H](CCCNC(=N)N)NC(=O)[C@H](CCCCN)NC(=O)[C@H](C)NC(C)=O)[C@@H](C)CC)[C@@H](C)CC. The molecular weight excluding hydrogens is 1780 g/mol. The summed E-state index contributed by atoms with van der Waals surface area (Å²) >= 11 is 4.30. The summed E-state index contributed by atoms with van der Waals surface area (Å²) in [6, 6.07) is -14.2. The molecule has 0 unspecified atom stereocenters. The molecule has 18 amide bonds. The summed E-state index contributed by atoms with van der Waals surface area (Å²) in [7, 11) is 0. The van der Waals surface area contributed by atoms with Gasteiger partial charge in [0.1, 0.15) is 84.6 Å². The highest BCUT2D eigenvalue weighted by Crippen LogP contribution is 2.18. The highest BCUT2D eigenvalue weighted by atomic mass is 32.1. The monoisotopic (exact) mass is 1930 g/mol. The number of ketones is 1. The third-order valence-electron chi connectivity index (χ3n) is 21.3. The zero-order valence-electron chi connectivity index (χ0n) is 80.1. The van der Waals surface area contributed by atoms with E-state index in [9.17, 15) is 116 Å². The van der Waals surface area contributed by atoms with Crippen LogP contribution in [0.4, 0.5) is 0 Å². The molecule has 17 atom stereocenters. The van der Waals surface area contributed by atoms with Gasteiger partial charge in [-0.1, -0.05) is 133 Å². The first kappa shape index (κ1) is 121. The van der Waals surface area contributed by atoms with Crippen LogP contribution in [0, 0.1) is 40.9 Å². The van der Waals surface area contributed by atoms with Crippen LogP contribution < -0.4 is 113 Å². The van der Waals surface area contributed by atoms with Crippen LogP contribution >= 0.6 is 12.6 Å². The minimum absolute atomic E-state index is 0.0723. The van der Waals surface area contributed by atoms with Gasteiger partial charge in [-0.05, 0) is 125 Å². The van der Waals surface area contributed by atoms with Crippen LogP contribution in [-0.4, -0.2) is 274 Å². The minimum atomic E-state index is -1.85. The molecule has 0 fully saturated rings. The Kier molecular flexibility index (Phi) is 57.2. The lowest BCUT2D eigenvalue weighted by Gasteiger charge is -2.29. The van der Waals surface area contributed by atoms with E-state index < -0.39 is 272 Å². The number of amides is 18.